The zero-order valence-electron chi connectivity index (χ0n) is 21.7. The lowest BCUT2D eigenvalue weighted by molar-refractivity contribution is -0.151. The Labute approximate surface area is 258 Å². The SMILES string of the molecule is CC(C)(C)OC(=O)NC(C(=O)N[C@@H]1C(=O)N2C(C(=O)O)=C(COC(=O)OC(Cl)C(Cl)(Cl)Cl)CS[C@H]12)c1ccccc1. The molecule has 2 heterocycles. The summed E-state index contributed by atoms with van der Waals surface area (Å²) in [4.78, 5) is 63.7. The van der Waals surface area contributed by atoms with Gasteiger partial charge in [0.25, 0.3) is 5.91 Å². The van der Waals surface area contributed by atoms with Crippen LogP contribution in [0.15, 0.2) is 41.6 Å². The lowest BCUT2D eigenvalue weighted by Gasteiger charge is -2.49. The number of hydrogen-bond donors (Lipinski definition) is 3. The Morgan fingerprint density at radius 1 is 1.15 bits per heavy atom. The molecule has 1 saturated heterocycles. The van der Waals surface area contributed by atoms with Crippen LogP contribution < -0.4 is 10.6 Å². The molecule has 1 aromatic rings. The predicted molar refractivity (Wildman–Crippen MR) is 151 cm³/mol. The van der Waals surface area contributed by atoms with E-state index in [1.807, 2.05) is 0 Å². The van der Waals surface area contributed by atoms with E-state index in [1.54, 1.807) is 51.1 Å². The molecule has 0 bridgehead atoms. The lowest BCUT2D eigenvalue weighted by atomic mass is 10.0. The molecule has 12 nitrogen and oxygen atoms in total. The van der Waals surface area contributed by atoms with Crippen LogP contribution >= 0.6 is 58.2 Å². The Balaban J connectivity index is 1.72. The molecule has 2 aliphatic rings. The molecule has 0 aliphatic carbocycles. The summed E-state index contributed by atoms with van der Waals surface area (Å²) in [6.45, 7) is 4.45. The number of amides is 3. The number of fused-ring (bicyclic) bond motifs is 1. The van der Waals surface area contributed by atoms with Gasteiger partial charge in [0.15, 0.2) is 0 Å². The van der Waals surface area contributed by atoms with Crippen molar-refractivity contribution in [1.82, 2.24) is 15.5 Å². The maximum absolute atomic E-state index is 13.3. The standard InChI is InChI=1S/C24H25Cl4N3O9S/c1-23(2,3)40-21(36)30-13(11-7-5-4-6-8-11)16(32)29-14-17(33)31-15(19(34)35)12(10-41-18(14)31)9-38-22(37)39-20(25)24(26,27)28/h4-8,13-14,18,20H,9-10H2,1-3H3,(H,29,32)(H,30,36)(H,34,35)/t13?,14-,18-,20?/m1/s1. The molecular formula is C24H25Cl4N3O9S. The molecule has 224 valence electrons. The summed E-state index contributed by atoms with van der Waals surface area (Å²) < 4.78 is 12.7. The number of halogens is 4. The van der Waals surface area contributed by atoms with Crippen LogP contribution in [0.1, 0.15) is 32.4 Å². The summed E-state index contributed by atoms with van der Waals surface area (Å²) in [5, 5.41) is 14.1. The number of β-lactam (4-membered cyclic amide) rings is 1. The molecule has 0 aromatic heterocycles. The van der Waals surface area contributed by atoms with Gasteiger partial charge in [-0.15, -0.1) is 11.8 Å². The van der Waals surface area contributed by atoms with Crippen molar-refractivity contribution >= 4 is 88.2 Å². The fourth-order valence-corrected chi connectivity index (χ4v) is 5.27. The number of thioether (sulfide) groups is 1. The summed E-state index contributed by atoms with van der Waals surface area (Å²) in [5.41, 5.74) is -2.39. The quantitative estimate of drug-likeness (QED) is 0.209. The zero-order valence-corrected chi connectivity index (χ0v) is 25.5. The summed E-state index contributed by atoms with van der Waals surface area (Å²) in [6, 6.07) is 6.02. The van der Waals surface area contributed by atoms with E-state index in [2.05, 4.69) is 15.4 Å². The van der Waals surface area contributed by atoms with Crippen LogP contribution in [-0.2, 0) is 28.6 Å². The van der Waals surface area contributed by atoms with Gasteiger partial charge in [0.05, 0.1) is 0 Å². The van der Waals surface area contributed by atoms with E-state index in [0.717, 1.165) is 16.7 Å². The van der Waals surface area contributed by atoms with E-state index >= 15 is 0 Å². The summed E-state index contributed by atoms with van der Waals surface area (Å²) >= 11 is 23.4. The van der Waals surface area contributed by atoms with E-state index in [4.69, 9.17) is 55.9 Å². The summed E-state index contributed by atoms with van der Waals surface area (Å²) in [7, 11) is 0. The number of benzene rings is 1. The number of carboxylic acid groups (broad SMARTS) is 1. The van der Waals surface area contributed by atoms with E-state index < -0.39 is 74.8 Å². The monoisotopic (exact) mass is 671 g/mol. The number of hydrogen-bond acceptors (Lipinski definition) is 9. The molecule has 3 N–H and O–H groups in total. The van der Waals surface area contributed by atoms with Gasteiger partial charge in [-0.2, -0.15) is 0 Å². The number of alkyl halides is 4. The van der Waals surface area contributed by atoms with Crippen LogP contribution in [0.2, 0.25) is 0 Å². The first kappa shape index (κ1) is 32.9. The van der Waals surface area contributed by atoms with E-state index in [0.29, 0.717) is 5.56 Å². The normalized spacial score (nSPS) is 20.2. The van der Waals surface area contributed by atoms with Crippen molar-refractivity contribution < 1.29 is 43.3 Å². The maximum Gasteiger partial charge on any atom is 0.510 e. The number of nitrogens with one attached hydrogen (secondary N) is 2. The van der Waals surface area contributed by atoms with Gasteiger partial charge in [0.1, 0.15) is 35.4 Å². The van der Waals surface area contributed by atoms with Crippen LogP contribution in [-0.4, -0.2) is 78.8 Å². The molecule has 3 rings (SSSR count). The number of carbonyl (C=O) groups excluding carboxylic acids is 4. The van der Waals surface area contributed by atoms with E-state index in [1.165, 1.54) is 0 Å². The van der Waals surface area contributed by atoms with Crippen molar-refractivity contribution in [3.8, 4) is 0 Å². The molecule has 17 heteroatoms. The molecular weight excluding hydrogens is 648 g/mol. The van der Waals surface area contributed by atoms with E-state index in [9.17, 15) is 29.1 Å². The fraction of sp³-hybridized carbons (Fsp3) is 0.458. The third-order valence-corrected chi connectivity index (χ3v) is 8.11. The summed E-state index contributed by atoms with van der Waals surface area (Å²) in [6.07, 6.45) is -2.17. The van der Waals surface area contributed by atoms with Gasteiger partial charge in [-0.3, -0.25) is 14.5 Å². The first-order valence-corrected chi connectivity index (χ1v) is 14.4. The second kappa shape index (κ2) is 13.2. The first-order valence-electron chi connectivity index (χ1n) is 11.8. The topological polar surface area (TPSA) is 161 Å². The Morgan fingerprint density at radius 2 is 1.78 bits per heavy atom. The number of carbonyl (C=O) groups is 5. The van der Waals surface area contributed by atoms with Crippen LogP contribution in [0.5, 0.6) is 0 Å². The average molecular weight is 673 g/mol. The van der Waals surface area contributed by atoms with Crippen LogP contribution in [0.3, 0.4) is 0 Å². The Hall–Kier alpha value is -2.58. The first-order chi connectivity index (χ1) is 19.0. The largest absolute Gasteiger partial charge is 0.510 e. The number of ether oxygens (including phenoxy) is 3. The van der Waals surface area contributed by atoms with Crippen LogP contribution in [0, 0.1) is 0 Å². The van der Waals surface area contributed by atoms with E-state index in [-0.39, 0.29) is 11.3 Å². The van der Waals surface area contributed by atoms with Gasteiger partial charge in [-0.25, -0.2) is 14.4 Å². The second-order valence-corrected chi connectivity index (χ2v) is 13.5. The highest BCUT2D eigenvalue weighted by atomic mass is 35.6. The van der Waals surface area contributed by atoms with Gasteiger partial charge in [-0.1, -0.05) is 76.7 Å². The highest BCUT2D eigenvalue weighted by molar-refractivity contribution is 8.00. The van der Waals surface area contributed by atoms with Crippen molar-refractivity contribution in [2.75, 3.05) is 12.4 Å². The minimum atomic E-state index is -2.13. The number of alkyl carbamates (subject to hydrolysis) is 1. The van der Waals surface area contributed by atoms with Gasteiger partial charge < -0.3 is 30.0 Å². The number of aliphatic carboxylic acids is 1. The molecule has 1 fully saturated rings. The molecule has 0 radical (unpaired) electrons. The Bertz CT molecular complexity index is 1240. The molecule has 0 saturated carbocycles. The minimum absolute atomic E-state index is 0.0305. The van der Waals surface area contributed by atoms with Gasteiger partial charge in [-0.05, 0) is 26.3 Å². The number of rotatable bonds is 8. The van der Waals surface area contributed by atoms with Crippen molar-refractivity contribution in [2.45, 2.75) is 53.2 Å². The van der Waals surface area contributed by atoms with Gasteiger partial charge in [0, 0.05) is 11.3 Å². The smallest absolute Gasteiger partial charge is 0.477 e. The Kier molecular flexibility index (Phi) is 10.6. The highest BCUT2D eigenvalue weighted by Gasteiger charge is 2.54. The molecule has 2 aliphatic heterocycles. The molecule has 4 atom stereocenters. The lowest BCUT2D eigenvalue weighted by Crippen LogP contribution is -2.71. The predicted octanol–water partition coefficient (Wildman–Crippen LogP) is 4.08. The molecule has 41 heavy (non-hydrogen) atoms. The summed E-state index contributed by atoms with van der Waals surface area (Å²) in [5.74, 6) is -2.84. The molecule has 0 spiro atoms. The minimum Gasteiger partial charge on any atom is -0.477 e. The second-order valence-electron chi connectivity index (χ2n) is 9.66. The fourth-order valence-electron chi connectivity index (χ4n) is 3.73. The van der Waals surface area contributed by atoms with Crippen LogP contribution in [0.4, 0.5) is 9.59 Å². The Morgan fingerprint density at radius 3 is 2.34 bits per heavy atom. The van der Waals surface area contributed by atoms with Crippen molar-refractivity contribution in [3.63, 3.8) is 0 Å². The molecule has 2 unspecified atom stereocenters. The highest BCUT2D eigenvalue weighted by Crippen LogP contribution is 2.41. The number of carboxylic acids is 1. The molecule has 1 aromatic carbocycles. The third kappa shape index (κ3) is 8.48. The van der Waals surface area contributed by atoms with Crippen molar-refractivity contribution in [1.29, 1.82) is 0 Å². The van der Waals surface area contributed by atoms with Crippen molar-refractivity contribution in [2.24, 2.45) is 0 Å². The zero-order chi connectivity index (χ0) is 30.7. The van der Waals surface area contributed by atoms with Gasteiger partial charge >= 0.3 is 18.2 Å². The van der Waals surface area contributed by atoms with Gasteiger partial charge in [0.2, 0.25) is 15.3 Å². The van der Waals surface area contributed by atoms with Crippen molar-refractivity contribution in [3.05, 3.63) is 47.2 Å². The van der Waals surface area contributed by atoms with Crippen LogP contribution in [0.25, 0.3) is 0 Å². The third-order valence-electron chi connectivity index (χ3n) is 5.43. The number of nitrogens with zero attached hydrogens (tertiary/aromatic N) is 1. The molecule has 3 amide bonds. The average Bonchev–Trinajstić information content (AvgIpc) is 2.87. The maximum atomic E-state index is 13.3.